The molecule has 86 valence electrons. The summed E-state index contributed by atoms with van der Waals surface area (Å²) >= 11 is 0. The van der Waals surface area contributed by atoms with E-state index in [2.05, 4.69) is 5.92 Å². The summed E-state index contributed by atoms with van der Waals surface area (Å²) in [6, 6.07) is 0. The molecule has 1 fully saturated rings. The third-order valence-corrected chi connectivity index (χ3v) is 5.05. The Balaban J connectivity index is 2.82. The zero-order valence-corrected chi connectivity index (χ0v) is 10.5. The lowest BCUT2D eigenvalue weighted by atomic mass is 10.3. The van der Waals surface area contributed by atoms with Crippen molar-refractivity contribution in [3.05, 3.63) is 0 Å². The standard InChI is InChI=1S/C11H19NO2S/c1-5-8-12(9-10-6-7-10)15(13,14)11(2,3)4/h1,10H,6-9H2,2-4H3. The van der Waals surface area contributed by atoms with Crippen molar-refractivity contribution in [1.82, 2.24) is 4.31 Å². The van der Waals surface area contributed by atoms with Crippen molar-refractivity contribution in [1.29, 1.82) is 0 Å². The molecule has 0 atom stereocenters. The van der Waals surface area contributed by atoms with E-state index in [0.717, 1.165) is 12.8 Å². The smallest absolute Gasteiger partial charge is 0.212 e. The van der Waals surface area contributed by atoms with Gasteiger partial charge in [0.15, 0.2) is 0 Å². The van der Waals surface area contributed by atoms with Gasteiger partial charge in [-0.2, -0.15) is 4.31 Å². The Hall–Kier alpha value is -0.530. The zero-order valence-electron chi connectivity index (χ0n) is 9.66. The molecule has 15 heavy (non-hydrogen) atoms. The Bertz CT molecular complexity index is 355. The van der Waals surface area contributed by atoms with Crippen molar-refractivity contribution < 1.29 is 8.42 Å². The lowest BCUT2D eigenvalue weighted by Gasteiger charge is -2.28. The lowest BCUT2D eigenvalue weighted by molar-refractivity contribution is 0.411. The maximum absolute atomic E-state index is 12.1. The molecule has 1 aliphatic rings. The van der Waals surface area contributed by atoms with E-state index in [-0.39, 0.29) is 6.54 Å². The second-order valence-electron chi connectivity index (χ2n) is 5.06. The van der Waals surface area contributed by atoms with Crippen LogP contribution in [0.25, 0.3) is 0 Å². The van der Waals surface area contributed by atoms with Crippen molar-refractivity contribution in [3.8, 4) is 12.3 Å². The molecule has 0 aromatic rings. The zero-order chi connectivity index (χ0) is 11.7. The first-order valence-electron chi connectivity index (χ1n) is 5.22. The molecule has 0 spiro atoms. The van der Waals surface area contributed by atoms with Crippen LogP contribution < -0.4 is 0 Å². The third-order valence-electron chi connectivity index (χ3n) is 2.54. The van der Waals surface area contributed by atoms with E-state index in [0.29, 0.717) is 12.5 Å². The van der Waals surface area contributed by atoms with Gasteiger partial charge in [-0.3, -0.25) is 0 Å². The fraction of sp³-hybridized carbons (Fsp3) is 0.818. The van der Waals surface area contributed by atoms with Gasteiger partial charge in [-0.25, -0.2) is 8.42 Å². The molecule has 0 radical (unpaired) electrons. The summed E-state index contributed by atoms with van der Waals surface area (Å²) in [5, 5.41) is 0. The Morgan fingerprint density at radius 3 is 2.27 bits per heavy atom. The Morgan fingerprint density at radius 1 is 1.40 bits per heavy atom. The fourth-order valence-electron chi connectivity index (χ4n) is 1.33. The van der Waals surface area contributed by atoms with Crippen molar-refractivity contribution >= 4 is 10.0 Å². The van der Waals surface area contributed by atoms with Gasteiger partial charge in [0.2, 0.25) is 10.0 Å². The van der Waals surface area contributed by atoms with Crippen molar-refractivity contribution in [2.24, 2.45) is 5.92 Å². The second kappa shape index (κ2) is 4.15. The summed E-state index contributed by atoms with van der Waals surface area (Å²) in [7, 11) is -3.26. The van der Waals surface area contributed by atoms with Crippen LogP contribution in [0.5, 0.6) is 0 Å². The highest BCUT2D eigenvalue weighted by atomic mass is 32.2. The summed E-state index contributed by atoms with van der Waals surface area (Å²) in [6.45, 7) is 5.90. The monoisotopic (exact) mass is 229 g/mol. The fourth-order valence-corrected chi connectivity index (χ4v) is 2.75. The third kappa shape index (κ3) is 2.96. The molecular weight excluding hydrogens is 210 g/mol. The van der Waals surface area contributed by atoms with Gasteiger partial charge in [-0.1, -0.05) is 5.92 Å². The molecule has 0 amide bonds. The average molecular weight is 229 g/mol. The van der Waals surface area contributed by atoms with Crippen LogP contribution in [0.2, 0.25) is 0 Å². The largest absolute Gasteiger partial charge is 0.219 e. The van der Waals surface area contributed by atoms with Crippen molar-refractivity contribution in [2.45, 2.75) is 38.4 Å². The minimum absolute atomic E-state index is 0.191. The van der Waals surface area contributed by atoms with Gasteiger partial charge in [-0.05, 0) is 39.5 Å². The Kier molecular flexibility index (Phi) is 3.47. The quantitative estimate of drug-likeness (QED) is 0.684. The normalized spacial score (nSPS) is 17.8. The molecule has 4 heteroatoms. The number of hydrogen-bond donors (Lipinski definition) is 0. The molecule has 0 heterocycles. The highest BCUT2D eigenvalue weighted by Gasteiger charge is 2.37. The van der Waals surface area contributed by atoms with Crippen molar-refractivity contribution in [3.63, 3.8) is 0 Å². The molecule has 0 bridgehead atoms. The second-order valence-corrected chi connectivity index (χ2v) is 7.75. The Morgan fingerprint density at radius 2 is 1.93 bits per heavy atom. The number of nitrogens with zero attached hydrogens (tertiary/aromatic N) is 1. The molecule has 0 N–H and O–H groups in total. The molecule has 3 nitrogen and oxygen atoms in total. The molecule has 0 aromatic carbocycles. The van der Waals surface area contributed by atoms with Crippen LogP contribution in [0.3, 0.4) is 0 Å². The van der Waals surface area contributed by atoms with Gasteiger partial charge in [0.1, 0.15) is 0 Å². The summed E-state index contributed by atoms with van der Waals surface area (Å²) in [4.78, 5) is 0. The van der Waals surface area contributed by atoms with E-state index < -0.39 is 14.8 Å². The van der Waals surface area contributed by atoms with Gasteiger partial charge >= 0.3 is 0 Å². The molecule has 1 aliphatic carbocycles. The van der Waals surface area contributed by atoms with Crippen molar-refractivity contribution in [2.75, 3.05) is 13.1 Å². The number of rotatable bonds is 4. The van der Waals surface area contributed by atoms with Crippen LogP contribution in [0.1, 0.15) is 33.6 Å². The average Bonchev–Trinajstić information content (AvgIpc) is 2.85. The molecule has 0 aliphatic heterocycles. The van der Waals surface area contributed by atoms with Crippen LogP contribution in [-0.2, 0) is 10.0 Å². The van der Waals surface area contributed by atoms with Crippen LogP contribution in [0, 0.1) is 18.3 Å². The van der Waals surface area contributed by atoms with E-state index in [4.69, 9.17) is 6.42 Å². The molecule has 0 aromatic heterocycles. The van der Waals surface area contributed by atoms with Gasteiger partial charge in [-0.15, -0.1) is 6.42 Å². The summed E-state index contributed by atoms with van der Waals surface area (Å²) < 4.78 is 25.0. The van der Waals surface area contributed by atoms with Crippen LogP contribution in [-0.4, -0.2) is 30.6 Å². The summed E-state index contributed by atoms with van der Waals surface area (Å²) in [6.07, 6.45) is 7.46. The maximum atomic E-state index is 12.1. The van der Waals surface area contributed by atoms with Gasteiger partial charge in [0.25, 0.3) is 0 Å². The lowest BCUT2D eigenvalue weighted by Crippen LogP contribution is -2.44. The molecule has 0 unspecified atom stereocenters. The number of terminal acetylenes is 1. The predicted molar refractivity (Wildman–Crippen MR) is 61.8 cm³/mol. The van der Waals surface area contributed by atoms with Gasteiger partial charge in [0, 0.05) is 6.54 Å². The predicted octanol–water partition coefficient (Wildman–Crippen LogP) is 1.46. The first-order chi connectivity index (χ1) is 6.79. The van der Waals surface area contributed by atoms with Crippen LogP contribution in [0.15, 0.2) is 0 Å². The molecule has 0 saturated heterocycles. The number of hydrogen-bond acceptors (Lipinski definition) is 2. The number of sulfonamides is 1. The van der Waals surface area contributed by atoms with E-state index in [9.17, 15) is 8.42 Å². The minimum Gasteiger partial charge on any atom is -0.212 e. The summed E-state index contributed by atoms with van der Waals surface area (Å²) in [5.41, 5.74) is 0. The van der Waals surface area contributed by atoms with E-state index in [1.807, 2.05) is 0 Å². The van der Waals surface area contributed by atoms with E-state index in [1.165, 1.54) is 4.31 Å². The highest BCUT2D eigenvalue weighted by molar-refractivity contribution is 7.90. The Labute approximate surface area is 92.9 Å². The molecule has 1 saturated carbocycles. The maximum Gasteiger partial charge on any atom is 0.219 e. The first kappa shape index (κ1) is 12.5. The van der Waals surface area contributed by atoms with Gasteiger partial charge in [0.05, 0.1) is 11.3 Å². The molecule has 1 rings (SSSR count). The minimum atomic E-state index is -3.26. The van der Waals surface area contributed by atoms with Crippen LogP contribution in [0.4, 0.5) is 0 Å². The van der Waals surface area contributed by atoms with E-state index in [1.54, 1.807) is 20.8 Å². The topological polar surface area (TPSA) is 37.4 Å². The van der Waals surface area contributed by atoms with E-state index >= 15 is 0 Å². The first-order valence-corrected chi connectivity index (χ1v) is 6.66. The molecular formula is C11H19NO2S. The van der Waals surface area contributed by atoms with Crippen LogP contribution >= 0.6 is 0 Å². The van der Waals surface area contributed by atoms with Gasteiger partial charge < -0.3 is 0 Å². The summed E-state index contributed by atoms with van der Waals surface area (Å²) in [5.74, 6) is 2.95. The SMILES string of the molecule is C#CCN(CC1CC1)S(=O)(=O)C(C)(C)C. The highest BCUT2D eigenvalue weighted by Crippen LogP contribution is 2.32.